The first-order valence-corrected chi connectivity index (χ1v) is 15.2. The topological polar surface area (TPSA) is 99.0 Å². The molecule has 1 heterocycles. The van der Waals surface area contributed by atoms with E-state index in [4.69, 9.17) is 23.2 Å². The summed E-state index contributed by atoms with van der Waals surface area (Å²) in [7, 11) is 0. The van der Waals surface area contributed by atoms with Crippen LogP contribution in [0, 0.1) is 34.3 Å². The molecule has 6 rings (SSSR count). The highest BCUT2D eigenvalue weighted by atomic mass is 35.5. The van der Waals surface area contributed by atoms with Gasteiger partial charge in [-0.1, -0.05) is 54.8 Å². The van der Waals surface area contributed by atoms with Crippen LogP contribution in [0.15, 0.2) is 48.0 Å². The summed E-state index contributed by atoms with van der Waals surface area (Å²) in [5, 5.41) is 15.1. The standard InChI is InChI=1S/C31H37Cl2N5O4/c1-20-4-5-21(16-28(20)38(41)42)29(39)36-13-10-35(11-14-36)12-15-37(19-22-6-7-23-17-25(22)31(23,2)3)30(40)34-24-8-9-26(32)27(33)18-24/h4-6,8-9,16,18,23,25H,7,10-15,17,19H2,1-3H3,(H,34,40). The number of hydrogen-bond acceptors (Lipinski definition) is 5. The van der Waals surface area contributed by atoms with Crippen LogP contribution in [0.4, 0.5) is 16.2 Å². The van der Waals surface area contributed by atoms with Crippen LogP contribution in [-0.4, -0.2) is 77.4 Å². The van der Waals surface area contributed by atoms with Crippen LogP contribution in [0.2, 0.25) is 10.0 Å². The number of carbonyl (C=O) groups is 2. The van der Waals surface area contributed by atoms with Gasteiger partial charge >= 0.3 is 6.03 Å². The number of nitrogens with one attached hydrogen (secondary N) is 1. The summed E-state index contributed by atoms with van der Waals surface area (Å²) in [5.41, 5.74) is 2.98. The summed E-state index contributed by atoms with van der Waals surface area (Å²) in [6, 6.07) is 9.49. The Morgan fingerprint density at radius 2 is 1.83 bits per heavy atom. The number of fused-ring (bicyclic) bond motifs is 1. The molecule has 3 amide bonds. The summed E-state index contributed by atoms with van der Waals surface area (Å²) < 4.78 is 0. The van der Waals surface area contributed by atoms with Gasteiger partial charge in [0.2, 0.25) is 0 Å². The van der Waals surface area contributed by atoms with Gasteiger partial charge in [-0.15, -0.1) is 0 Å². The minimum atomic E-state index is -0.457. The first-order valence-electron chi connectivity index (χ1n) is 14.4. The lowest BCUT2D eigenvalue weighted by Crippen LogP contribution is -2.52. The molecular weight excluding hydrogens is 577 g/mol. The highest BCUT2D eigenvalue weighted by Gasteiger charge is 2.51. The second kappa shape index (κ2) is 12.2. The van der Waals surface area contributed by atoms with E-state index in [9.17, 15) is 19.7 Å². The molecule has 1 saturated carbocycles. The SMILES string of the molecule is Cc1ccc(C(=O)N2CCN(CCN(CC3=CCC4CC3C4(C)C)C(=O)Nc3ccc(Cl)c(Cl)c3)CC2)cc1[N+](=O)[O-]. The Kier molecular flexibility index (Phi) is 8.83. The first kappa shape index (κ1) is 30.3. The van der Waals surface area contributed by atoms with Crippen molar-refractivity contribution in [2.45, 2.75) is 33.6 Å². The van der Waals surface area contributed by atoms with E-state index in [0.29, 0.717) is 78.6 Å². The molecule has 0 spiro atoms. The average molecular weight is 615 g/mol. The molecule has 0 radical (unpaired) electrons. The van der Waals surface area contributed by atoms with Crippen molar-refractivity contribution in [3.63, 3.8) is 0 Å². The molecule has 3 aliphatic carbocycles. The Labute approximate surface area is 256 Å². The van der Waals surface area contributed by atoms with E-state index in [0.717, 1.165) is 12.3 Å². The van der Waals surface area contributed by atoms with E-state index in [1.54, 1.807) is 42.2 Å². The van der Waals surface area contributed by atoms with Crippen molar-refractivity contribution in [3.8, 4) is 0 Å². The van der Waals surface area contributed by atoms with Gasteiger partial charge in [0.05, 0.1) is 15.0 Å². The number of amides is 3. The molecule has 2 aromatic rings. The van der Waals surface area contributed by atoms with Crippen LogP contribution >= 0.6 is 23.2 Å². The van der Waals surface area contributed by atoms with E-state index < -0.39 is 4.92 Å². The summed E-state index contributed by atoms with van der Waals surface area (Å²) in [6.07, 6.45) is 4.56. The number of nitro benzene ring substituents is 1. The third-order valence-electron chi connectivity index (χ3n) is 9.41. The first-order chi connectivity index (χ1) is 19.9. The highest BCUT2D eigenvalue weighted by molar-refractivity contribution is 6.42. The van der Waals surface area contributed by atoms with Gasteiger partial charge in [0.25, 0.3) is 11.6 Å². The van der Waals surface area contributed by atoms with Crippen LogP contribution < -0.4 is 5.32 Å². The Morgan fingerprint density at radius 1 is 1.10 bits per heavy atom. The third kappa shape index (κ3) is 6.28. The molecule has 2 aromatic carbocycles. The number of benzene rings is 2. The number of allylic oxidation sites excluding steroid dienone is 1. The molecule has 224 valence electrons. The van der Waals surface area contributed by atoms with Gasteiger partial charge in [-0.3, -0.25) is 19.8 Å². The molecule has 0 aromatic heterocycles. The molecule has 2 unspecified atom stereocenters. The van der Waals surface area contributed by atoms with E-state index in [1.165, 1.54) is 18.1 Å². The van der Waals surface area contributed by atoms with Crippen molar-refractivity contribution >= 4 is 46.5 Å². The van der Waals surface area contributed by atoms with Gasteiger partial charge < -0.3 is 15.1 Å². The molecule has 11 heteroatoms. The minimum absolute atomic E-state index is 0.0485. The van der Waals surface area contributed by atoms with Crippen molar-refractivity contribution in [1.29, 1.82) is 0 Å². The smallest absolute Gasteiger partial charge is 0.322 e. The molecule has 9 nitrogen and oxygen atoms in total. The maximum atomic E-state index is 13.5. The van der Waals surface area contributed by atoms with E-state index >= 15 is 0 Å². The summed E-state index contributed by atoms with van der Waals surface area (Å²) >= 11 is 12.2. The second-order valence-electron chi connectivity index (χ2n) is 12.2. The summed E-state index contributed by atoms with van der Waals surface area (Å²) in [6.45, 7) is 10.4. The number of nitrogens with zero attached hydrogens (tertiary/aromatic N) is 4. The molecule has 1 aliphatic heterocycles. The lowest BCUT2D eigenvalue weighted by molar-refractivity contribution is -0.385. The predicted octanol–water partition coefficient (Wildman–Crippen LogP) is 6.49. The molecule has 42 heavy (non-hydrogen) atoms. The van der Waals surface area contributed by atoms with Gasteiger partial charge in [-0.2, -0.15) is 0 Å². The number of hydrogen-bond donors (Lipinski definition) is 1. The Hall–Kier alpha value is -3.14. The zero-order valence-electron chi connectivity index (χ0n) is 24.2. The van der Waals surface area contributed by atoms with Crippen molar-refractivity contribution in [2.24, 2.45) is 17.3 Å². The van der Waals surface area contributed by atoms with Crippen LogP contribution in [0.1, 0.15) is 42.6 Å². The zero-order chi connectivity index (χ0) is 30.2. The Balaban J connectivity index is 1.21. The van der Waals surface area contributed by atoms with E-state index in [2.05, 4.69) is 30.1 Å². The number of carbonyl (C=O) groups excluding carboxylic acids is 2. The fourth-order valence-corrected chi connectivity index (χ4v) is 6.76. The lowest BCUT2D eigenvalue weighted by atomic mass is 9.49. The molecule has 2 bridgehead atoms. The van der Waals surface area contributed by atoms with E-state index in [1.807, 2.05) is 4.90 Å². The van der Waals surface area contributed by atoms with Crippen molar-refractivity contribution in [1.82, 2.24) is 14.7 Å². The fourth-order valence-electron chi connectivity index (χ4n) is 6.46. The van der Waals surface area contributed by atoms with Crippen molar-refractivity contribution in [3.05, 3.63) is 79.3 Å². The number of nitro groups is 1. The molecule has 2 fully saturated rings. The van der Waals surface area contributed by atoms with Gasteiger partial charge in [-0.05, 0) is 61.3 Å². The van der Waals surface area contributed by atoms with Gasteiger partial charge in [-0.25, -0.2) is 4.79 Å². The van der Waals surface area contributed by atoms with E-state index in [-0.39, 0.29) is 23.0 Å². The number of piperazine rings is 1. The number of aryl methyl sites for hydroxylation is 1. The Morgan fingerprint density at radius 3 is 2.48 bits per heavy atom. The van der Waals surface area contributed by atoms with Crippen LogP contribution in [0.3, 0.4) is 0 Å². The average Bonchev–Trinajstić information content (AvgIpc) is 2.97. The predicted molar refractivity (Wildman–Crippen MR) is 165 cm³/mol. The molecule has 2 atom stereocenters. The van der Waals surface area contributed by atoms with Gasteiger partial charge in [0.1, 0.15) is 0 Å². The van der Waals surface area contributed by atoms with Crippen molar-refractivity contribution < 1.29 is 14.5 Å². The fraction of sp³-hybridized carbons (Fsp3) is 0.484. The molecule has 1 N–H and O–H groups in total. The minimum Gasteiger partial charge on any atom is -0.336 e. The zero-order valence-corrected chi connectivity index (χ0v) is 25.7. The summed E-state index contributed by atoms with van der Waals surface area (Å²) in [5.74, 6) is 1.00. The maximum absolute atomic E-state index is 13.5. The summed E-state index contributed by atoms with van der Waals surface area (Å²) in [4.78, 5) is 43.3. The number of urea groups is 1. The monoisotopic (exact) mass is 613 g/mol. The van der Waals surface area contributed by atoms with Crippen LogP contribution in [-0.2, 0) is 0 Å². The largest absolute Gasteiger partial charge is 0.336 e. The maximum Gasteiger partial charge on any atom is 0.322 e. The highest BCUT2D eigenvalue weighted by Crippen LogP contribution is 2.59. The molecule has 1 saturated heterocycles. The number of anilines is 1. The quantitative estimate of drug-likeness (QED) is 0.208. The van der Waals surface area contributed by atoms with Gasteiger partial charge in [0.15, 0.2) is 0 Å². The lowest BCUT2D eigenvalue weighted by Gasteiger charge is -2.57. The Bertz CT molecular complexity index is 1420. The third-order valence-corrected chi connectivity index (χ3v) is 10.2. The molecular formula is C31H37Cl2N5O4. The second-order valence-corrected chi connectivity index (χ2v) is 13.0. The number of halogens is 2. The van der Waals surface area contributed by atoms with Gasteiger partial charge in [0, 0.05) is 68.7 Å². The molecule has 4 aliphatic rings. The normalized spacial score (nSPS) is 21.3. The van der Waals surface area contributed by atoms with Crippen LogP contribution in [0.5, 0.6) is 0 Å². The van der Waals surface area contributed by atoms with Crippen LogP contribution in [0.25, 0.3) is 0 Å². The van der Waals surface area contributed by atoms with Crippen molar-refractivity contribution in [2.75, 3.05) is 51.1 Å². The number of rotatable bonds is 8.